The Kier molecular flexibility index (Phi) is 3.66. The van der Waals surface area contributed by atoms with Crippen LogP contribution < -0.4 is 4.57 Å². The summed E-state index contributed by atoms with van der Waals surface area (Å²) in [5, 5.41) is 0. The Morgan fingerprint density at radius 3 is 2.56 bits per heavy atom. The van der Waals surface area contributed by atoms with Gasteiger partial charge in [0.15, 0.2) is 12.4 Å². The lowest BCUT2D eigenvalue weighted by Gasteiger charge is -1.98. The van der Waals surface area contributed by atoms with E-state index >= 15 is 0 Å². The molecule has 2 aromatic rings. The van der Waals surface area contributed by atoms with Gasteiger partial charge in [0.1, 0.15) is 0 Å². The summed E-state index contributed by atoms with van der Waals surface area (Å²) in [5.41, 5.74) is 0.767. The van der Waals surface area contributed by atoms with Gasteiger partial charge in [-0.25, -0.2) is 0 Å². The molecule has 80 valence electrons. The van der Waals surface area contributed by atoms with Gasteiger partial charge in [-0.2, -0.15) is 4.57 Å². The summed E-state index contributed by atoms with van der Waals surface area (Å²) in [7, 11) is 0. The quantitative estimate of drug-likeness (QED) is 0.483. The lowest BCUT2D eigenvalue weighted by molar-refractivity contribution is -0.683. The fraction of sp³-hybridized carbons (Fsp3) is 0.0769. The first kappa shape index (κ1) is 11.3. The maximum absolute atomic E-state index is 11.9. The number of carbonyl (C=O) groups is 1. The molecule has 1 aromatic heterocycles. The first-order valence-electron chi connectivity index (χ1n) is 4.98. The fourth-order valence-corrected chi connectivity index (χ4v) is 2.00. The van der Waals surface area contributed by atoms with Gasteiger partial charge in [-0.15, -0.1) is 0 Å². The molecule has 0 saturated heterocycles. The van der Waals surface area contributed by atoms with E-state index < -0.39 is 0 Å². The number of aromatic nitrogens is 1. The Labute approximate surface area is 108 Å². The molecule has 0 atom stereocenters. The SMILES string of the molecule is O=C(C[n+]1ccccc1)c1cccc(I)c1. The van der Waals surface area contributed by atoms with Gasteiger partial charge in [0.2, 0.25) is 12.3 Å². The molecule has 0 aliphatic carbocycles. The number of pyridine rings is 1. The summed E-state index contributed by atoms with van der Waals surface area (Å²) in [6.45, 7) is 0.390. The van der Waals surface area contributed by atoms with Crippen LogP contribution in [-0.2, 0) is 6.54 Å². The predicted molar refractivity (Wildman–Crippen MR) is 70.1 cm³/mol. The number of carbonyl (C=O) groups excluding carboxylic acids is 1. The third-order valence-corrected chi connectivity index (χ3v) is 2.92. The van der Waals surface area contributed by atoms with E-state index in [1.54, 1.807) is 0 Å². The number of benzene rings is 1. The van der Waals surface area contributed by atoms with Crippen LogP contribution in [0.1, 0.15) is 10.4 Å². The van der Waals surface area contributed by atoms with Gasteiger partial charge in [0.25, 0.3) is 0 Å². The van der Waals surface area contributed by atoms with Crippen molar-refractivity contribution in [3.8, 4) is 0 Å². The van der Waals surface area contributed by atoms with Crippen molar-refractivity contribution in [3.63, 3.8) is 0 Å². The molecule has 0 bridgehead atoms. The van der Waals surface area contributed by atoms with Crippen molar-refractivity contribution in [1.29, 1.82) is 0 Å². The molecule has 0 spiro atoms. The largest absolute Gasteiger partial charge is 0.287 e. The Hall–Kier alpha value is -1.23. The van der Waals surface area contributed by atoms with Crippen molar-refractivity contribution in [3.05, 3.63) is 64.0 Å². The van der Waals surface area contributed by atoms with E-state index in [1.807, 2.05) is 59.4 Å². The van der Waals surface area contributed by atoms with Gasteiger partial charge in [0, 0.05) is 21.3 Å². The molecule has 0 unspecified atom stereocenters. The standard InChI is InChI=1S/C13H11INO/c14-12-6-4-5-11(9-12)13(16)10-15-7-2-1-3-8-15/h1-9H,10H2/q+1. The van der Waals surface area contributed by atoms with Crippen LogP contribution in [0.3, 0.4) is 0 Å². The van der Waals surface area contributed by atoms with Gasteiger partial charge < -0.3 is 0 Å². The highest BCUT2D eigenvalue weighted by Crippen LogP contribution is 2.08. The molecule has 0 saturated carbocycles. The van der Waals surface area contributed by atoms with E-state index in [0.717, 1.165) is 9.13 Å². The van der Waals surface area contributed by atoms with Crippen LogP contribution in [0.15, 0.2) is 54.9 Å². The van der Waals surface area contributed by atoms with Crippen LogP contribution in [0.25, 0.3) is 0 Å². The van der Waals surface area contributed by atoms with Crippen LogP contribution in [0, 0.1) is 3.57 Å². The summed E-state index contributed by atoms with van der Waals surface area (Å²) in [4.78, 5) is 11.9. The molecule has 1 heterocycles. The first-order valence-corrected chi connectivity index (χ1v) is 6.06. The fourth-order valence-electron chi connectivity index (χ4n) is 1.46. The van der Waals surface area contributed by atoms with Crippen LogP contribution in [0.2, 0.25) is 0 Å². The number of ketones is 1. The van der Waals surface area contributed by atoms with Crippen LogP contribution in [0.4, 0.5) is 0 Å². The van der Waals surface area contributed by atoms with Crippen LogP contribution in [0.5, 0.6) is 0 Å². The summed E-state index contributed by atoms with van der Waals surface area (Å²) >= 11 is 2.21. The topological polar surface area (TPSA) is 20.9 Å². The van der Waals surface area contributed by atoms with Crippen LogP contribution >= 0.6 is 22.6 Å². The summed E-state index contributed by atoms with van der Waals surface area (Å²) in [6.07, 6.45) is 3.79. The zero-order chi connectivity index (χ0) is 11.4. The molecule has 0 aliphatic rings. The zero-order valence-corrected chi connectivity index (χ0v) is 10.8. The minimum atomic E-state index is 0.134. The third-order valence-electron chi connectivity index (χ3n) is 2.25. The summed E-state index contributed by atoms with van der Waals surface area (Å²) in [5.74, 6) is 0.134. The number of hydrogen-bond donors (Lipinski definition) is 0. The van der Waals surface area contributed by atoms with E-state index in [4.69, 9.17) is 0 Å². The smallest absolute Gasteiger partial charge is 0.227 e. The lowest BCUT2D eigenvalue weighted by Crippen LogP contribution is -2.36. The van der Waals surface area contributed by atoms with E-state index in [1.165, 1.54) is 0 Å². The normalized spacial score (nSPS) is 10.1. The maximum atomic E-state index is 11.9. The molecule has 0 amide bonds. The molecule has 2 rings (SSSR count). The average Bonchev–Trinajstić information content (AvgIpc) is 2.30. The predicted octanol–water partition coefficient (Wildman–Crippen LogP) is 2.46. The number of hydrogen-bond acceptors (Lipinski definition) is 1. The van der Waals surface area contributed by atoms with E-state index in [2.05, 4.69) is 22.6 Å². The van der Waals surface area contributed by atoms with Crippen LogP contribution in [-0.4, -0.2) is 5.78 Å². The van der Waals surface area contributed by atoms with Gasteiger partial charge in [-0.05, 0) is 34.7 Å². The van der Waals surface area contributed by atoms with Crippen molar-refractivity contribution in [2.75, 3.05) is 0 Å². The monoisotopic (exact) mass is 324 g/mol. The summed E-state index contributed by atoms with van der Waals surface area (Å²) < 4.78 is 2.96. The van der Waals surface area contributed by atoms with Crippen molar-refractivity contribution < 1.29 is 9.36 Å². The van der Waals surface area contributed by atoms with E-state index in [0.29, 0.717) is 6.54 Å². The lowest BCUT2D eigenvalue weighted by atomic mass is 10.1. The van der Waals surface area contributed by atoms with E-state index in [9.17, 15) is 4.79 Å². The Bertz CT molecular complexity index is 496. The molecule has 0 aliphatic heterocycles. The second-order valence-corrected chi connectivity index (χ2v) is 4.73. The van der Waals surface area contributed by atoms with Crippen molar-refractivity contribution >= 4 is 28.4 Å². The highest BCUT2D eigenvalue weighted by Gasteiger charge is 2.11. The highest BCUT2D eigenvalue weighted by molar-refractivity contribution is 14.1. The molecule has 0 N–H and O–H groups in total. The van der Waals surface area contributed by atoms with Gasteiger partial charge in [-0.1, -0.05) is 18.2 Å². The molecular weight excluding hydrogens is 313 g/mol. The number of halogens is 1. The number of nitrogens with zero attached hydrogens (tertiary/aromatic N) is 1. The second-order valence-electron chi connectivity index (χ2n) is 3.48. The minimum Gasteiger partial charge on any atom is -0.287 e. The van der Waals surface area contributed by atoms with Gasteiger partial charge in [0.05, 0.1) is 0 Å². The number of rotatable bonds is 3. The second kappa shape index (κ2) is 5.21. The van der Waals surface area contributed by atoms with E-state index in [-0.39, 0.29) is 5.78 Å². The molecule has 1 aromatic carbocycles. The molecule has 16 heavy (non-hydrogen) atoms. The van der Waals surface area contributed by atoms with Crippen molar-refractivity contribution in [1.82, 2.24) is 0 Å². The Morgan fingerprint density at radius 2 is 1.88 bits per heavy atom. The zero-order valence-electron chi connectivity index (χ0n) is 8.64. The van der Waals surface area contributed by atoms with Gasteiger partial charge in [-0.3, -0.25) is 4.79 Å². The average molecular weight is 324 g/mol. The molecular formula is C13H11INO+. The summed E-state index contributed by atoms with van der Waals surface area (Å²) in [6, 6.07) is 13.4. The first-order chi connectivity index (χ1) is 7.75. The molecule has 0 radical (unpaired) electrons. The molecule has 2 nitrogen and oxygen atoms in total. The Morgan fingerprint density at radius 1 is 1.12 bits per heavy atom. The van der Waals surface area contributed by atoms with Gasteiger partial charge >= 0.3 is 0 Å². The maximum Gasteiger partial charge on any atom is 0.227 e. The molecule has 3 heteroatoms. The number of Topliss-reactive ketones (excluding diaryl/α,β-unsaturated/α-hetero) is 1. The third kappa shape index (κ3) is 2.88. The minimum absolute atomic E-state index is 0.134. The highest BCUT2D eigenvalue weighted by atomic mass is 127. The van der Waals surface area contributed by atoms with Crippen molar-refractivity contribution in [2.24, 2.45) is 0 Å². The Balaban J connectivity index is 2.15. The van der Waals surface area contributed by atoms with Crippen molar-refractivity contribution in [2.45, 2.75) is 6.54 Å². The molecule has 0 fully saturated rings.